The number of nitrogens with zero attached hydrogens (tertiary/aromatic N) is 4. The SMILES string of the molecule is Cc1c(N)sc2c(F)ccc(-c3c(I4C5CC[C@@H]54)c4c5c(nc(OC[C@@]67CCCN6C/C(=C\F)C7)nc5c3F)N(CC(F)F)C(F)(F)CO4)c12. The van der Waals surface area contributed by atoms with Crippen molar-refractivity contribution in [3.63, 3.8) is 0 Å². The van der Waals surface area contributed by atoms with Gasteiger partial charge < -0.3 is 0 Å². The summed E-state index contributed by atoms with van der Waals surface area (Å²) in [5.74, 6) is -2.03. The fraction of sp³-hybridized carbons (Fsp3) is 0.471. The predicted molar refractivity (Wildman–Crippen MR) is 186 cm³/mol. The van der Waals surface area contributed by atoms with E-state index in [9.17, 15) is 13.2 Å². The van der Waals surface area contributed by atoms with Crippen LogP contribution in [0.4, 0.5) is 41.6 Å². The summed E-state index contributed by atoms with van der Waals surface area (Å²) in [5, 5.41) is 0.556. The van der Waals surface area contributed by atoms with Crippen molar-refractivity contribution in [1.82, 2.24) is 14.9 Å². The van der Waals surface area contributed by atoms with E-state index in [2.05, 4.69) is 14.9 Å². The number of halogens is 8. The minimum absolute atomic E-state index is 0.0265. The molecule has 4 aliphatic heterocycles. The van der Waals surface area contributed by atoms with Gasteiger partial charge in [-0.25, -0.2) is 4.39 Å². The number of rotatable bonds is 7. The van der Waals surface area contributed by atoms with Gasteiger partial charge in [-0.15, -0.1) is 0 Å². The number of hydrogen-bond donors (Lipinski definition) is 1. The second kappa shape index (κ2) is 11.4. The standard InChI is InChI=1S/C34H31F7IN5O2S/c1-15-22-17(3-4-18(36)29(22)50-30(15)43)23-25(39)27-24-28(26(23)42-19-5-6-20(19)42)48-14-34(40,41)47(12-21(37)38)31(24)45-32(44-27)49-13-33-7-2-8-46(33)11-16(9-33)10-35/h3-4,10,19-21H,2,5-9,11-14,43H2,1H3/b16-10-/t19-,20?,33-/m0/s1. The summed E-state index contributed by atoms with van der Waals surface area (Å²) >= 11 is -1.24. The van der Waals surface area contributed by atoms with Gasteiger partial charge in [-0.05, 0) is 0 Å². The molecule has 2 aromatic heterocycles. The molecule has 266 valence electrons. The summed E-state index contributed by atoms with van der Waals surface area (Å²) in [7, 11) is 0. The monoisotopic (exact) mass is 833 g/mol. The molecule has 3 saturated heterocycles. The van der Waals surface area contributed by atoms with Gasteiger partial charge in [0.25, 0.3) is 0 Å². The minimum atomic E-state index is -3.96. The van der Waals surface area contributed by atoms with Crippen molar-refractivity contribution in [2.75, 3.05) is 43.5 Å². The normalized spacial score (nSPS) is 26.8. The summed E-state index contributed by atoms with van der Waals surface area (Å²) in [6, 6.07) is -1.73. The van der Waals surface area contributed by atoms with E-state index >= 15 is 17.6 Å². The van der Waals surface area contributed by atoms with Gasteiger partial charge in [-0.2, -0.15) is 0 Å². The van der Waals surface area contributed by atoms with E-state index in [1.165, 1.54) is 12.1 Å². The molecule has 0 amide bonds. The molecule has 5 aliphatic rings. The number of hydrogen-bond acceptors (Lipinski definition) is 8. The average Bonchev–Trinajstić information content (AvgIpc) is 3.37. The van der Waals surface area contributed by atoms with Gasteiger partial charge >= 0.3 is 290 Å². The molecule has 9 rings (SSSR count). The number of alkyl halides is 6. The summed E-state index contributed by atoms with van der Waals surface area (Å²) in [5.41, 5.74) is 6.78. The van der Waals surface area contributed by atoms with Crippen molar-refractivity contribution in [3.8, 4) is 22.9 Å². The van der Waals surface area contributed by atoms with E-state index in [1.54, 1.807) is 6.92 Å². The van der Waals surface area contributed by atoms with Crippen LogP contribution in [-0.4, -0.2) is 73.6 Å². The Hall–Kier alpha value is -3.12. The number of fused-ring (bicyclic) bond motifs is 3. The van der Waals surface area contributed by atoms with Gasteiger partial charge in [-0.1, -0.05) is 0 Å². The van der Waals surface area contributed by atoms with Crippen molar-refractivity contribution in [3.05, 3.63) is 44.8 Å². The second-order valence-electron chi connectivity index (χ2n) is 13.7. The van der Waals surface area contributed by atoms with Crippen LogP contribution in [0.3, 0.4) is 0 Å². The number of nitrogen functional groups attached to an aromatic ring is 1. The number of anilines is 2. The number of nitrogens with two attached hydrogens (primary N) is 1. The molecular weight excluding hydrogens is 802 g/mol. The maximum atomic E-state index is 17.6. The molecule has 4 aromatic rings. The Morgan fingerprint density at radius 1 is 1.18 bits per heavy atom. The van der Waals surface area contributed by atoms with Crippen LogP contribution in [0.5, 0.6) is 11.8 Å². The van der Waals surface area contributed by atoms with Gasteiger partial charge in [0, 0.05) is 0 Å². The van der Waals surface area contributed by atoms with Crippen LogP contribution >= 0.6 is 31.2 Å². The first-order valence-electron chi connectivity index (χ1n) is 16.4. The summed E-state index contributed by atoms with van der Waals surface area (Å²) < 4.78 is 120. The molecule has 1 saturated carbocycles. The van der Waals surface area contributed by atoms with E-state index in [0.29, 0.717) is 70.8 Å². The zero-order valence-electron chi connectivity index (χ0n) is 26.6. The van der Waals surface area contributed by atoms with Crippen LogP contribution in [-0.2, 0) is 0 Å². The third kappa shape index (κ3) is 4.75. The zero-order valence-corrected chi connectivity index (χ0v) is 29.6. The molecule has 50 heavy (non-hydrogen) atoms. The summed E-state index contributed by atoms with van der Waals surface area (Å²) in [4.78, 5) is 11.0. The van der Waals surface area contributed by atoms with Crippen LogP contribution < -0.4 is 20.1 Å². The third-order valence-electron chi connectivity index (χ3n) is 10.8. The fourth-order valence-electron chi connectivity index (χ4n) is 8.24. The molecule has 6 heterocycles. The third-order valence-corrected chi connectivity index (χ3v) is 19.8. The Balaban J connectivity index is 1.30. The number of aryl methyl sites for hydroxylation is 1. The molecule has 0 bridgehead atoms. The van der Waals surface area contributed by atoms with E-state index in [1.807, 2.05) is 0 Å². The first kappa shape index (κ1) is 32.8. The predicted octanol–water partition coefficient (Wildman–Crippen LogP) is 8.43. The van der Waals surface area contributed by atoms with Gasteiger partial charge in [0.15, 0.2) is 0 Å². The fourth-order valence-corrected chi connectivity index (χ4v) is 18.3. The van der Waals surface area contributed by atoms with Crippen molar-refractivity contribution in [2.24, 2.45) is 0 Å². The Bertz CT molecular complexity index is 2120. The quantitative estimate of drug-likeness (QED) is 0.0868. The van der Waals surface area contributed by atoms with Gasteiger partial charge in [-0.3, -0.25) is 0 Å². The molecule has 1 unspecified atom stereocenters. The molecular formula is C34H31F7IN5O2S. The Kier molecular flexibility index (Phi) is 7.50. The van der Waals surface area contributed by atoms with Crippen LogP contribution in [0.25, 0.3) is 32.1 Å². The first-order chi connectivity index (χ1) is 23.9. The number of benzene rings is 2. The molecule has 3 atom stereocenters. The first-order valence-corrected chi connectivity index (χ1v) is 20.7. The number of thiophene rings is 1. The van der Waals surface area contributed by atoms with Crippen LogP contribution in [0.2, 0.25) is 0 Å². The van der Waals surface area contributed by atoms with Crippen LogP contribution in [0.1, 0.15) is 37.7 Å². The van der Waals surface area contributed by atoms with Crippen molar-refractivity contribution < 1.29 is 40.2 Å². The average molecular weight is 834 g/mol. The van der Waals surface area contributed by atoms with Crippen molar-refractivity contribution in [1.29, 1.82) is 0 Å². The van der Waals surface area contributed by atoms with Crippen LogP contribution in [0, 0.1) is 22.1 Å². The molecule has 7 nitrogen and oxygen atoms in total. The van der Waals surface area contributed by atoms with Gasteiger partial charge in [0.1, 0.15) is 0 Å². The van der Waals surface area contributed by atoms with Crippen molar-refractivity contribution >= 4 is 63.0 Å². The van der Waals surface area contributed by atoms with E-state index in [0.717, 1.165) is 30.6 Å². The summed E-state index contributed by atoms with van der Waals surface area (Å²) in [6.07, 6.45) is 1.08. The molecule has 16 heteroatoms. The van der Waals surface area contributed by atoms with E-state index < -0.39 is 80.0 Å². The van der Waals surface area contributed by atoms with E-state index in [4.69, 9.17) is 15.2 Å². The summed E-state index contributed by atoms with van der Waals surface area (Å²) in [6.45, 7) is 0.0919. The second-order valence-corrected chi connectivity index (χ2v) is 21.0. The van der Waals surface area contributed by atoms with Gasteiger partial charge in [0.2, 0.25) is 0 Å². The molecule has 0 spiro atoms. The molecule has 0 radical (unpaired) electrons. The maximum absolute atomic E-state index is 17.6. The molecule has 1 aliphatic carbocycles. The molecule has 4 fully saturated rings. The number of ether oxygens (including phenoxy) is 2. The Labute approximate surface area is 293 Å². The molecule has 2 aromatic carbocycles. The van der Waals surface area contributed by atoms with Crippen LogP contribution in [0.15, 0.2) is 24.0 Å². The van der Waals surface area contributed by atoms with E-state index in [-0.39, 0.29) is 32.9 Å². The Morgan fingerprint density at radius 2 is 1.96 bits per heavy atom. The zero-order chi connectivity index (χ0) is 34.9. The topological polar surface area (TPSA) is 76.7 Å². The number of aromatic nitrogens is 2. The Morgan fingerprint density at radius 3 is 2.68 bits per heavy atom. The molecule has 2 N–H and O–H groups in total. The van der Waals surface area contributed by atoms with Crippen molar-refractivity contribution in [2.45, 2.75) is 64.9 Å². The van der Waals surface area contributed by atoms with Gasteiger partial charge in [0.05, 0.1) is 0 Å².